The van der Waals surface area contributed by atoms with E-state index >= 15 is 0 Å². The molecule has 69 heavy (non-hydrogen) atoms. The zero-order chi connectivity index (χ0) is 48.5. The molecular formula is C65H66BN3. The van der Waals surface area contributed by atoms with Crippen LogP contribution in [0.2, 0.25) is 0 Å². The maximum Gasteiger partial charge on any atom is 0.247 e. The van der Waals surface area contributed by atoms with Gasteiger partial charge in [-0.1, -0.05) is 173 Å². The average molecular weight is 900 g/mol. The Kier molecular flexibility index (Phi) is 10.1. The molecule has 0 spiro atoms. The summed E-state index contributed by atoms with van der Waals surface area (Å²) < 4.78 is 2.50. The quantitative estimate of drug-likeness (QED) is 0.160. The predicted octanol–water partition coefficient (Wildman–Crippen LogP) is 15.7. The highest BCUT2D eigenvalue weighted by Crippen LogP contribution is 2.48. The molecule has 0 saturated heterocycles. The van der Waals surface area contributed by atoms with Crippen molar-refractivity contribution in [2.45, 2.75) is 112 Å². The highest BCUT2D eigenvalue weighted by atomic mass is 15.2. The van der Waals surface area contributed by atoms with Gasteiger partial charge < -0.3 is 14.4 Å². The summed E-state index contributed by atoms with van der Waals surface area (Å²) in [5, 5.41) is 2.57. The van der Waals surface area contributed by atoms with Gasteiger partial charge >= 0.3 is 0 Å². The Labute approximate surface area is 411 Å². The van der Waals surface area contributed by atoms with Crippen LogP contribution in [-0.4, -0.2) is 11.3 Å². The SMILES string of the molecule is Cc1ccccc1N(c1ccc2c(c1)C(C)(C)c1cc(C(C)(C)C)cc3c1B2c1cc2c4cc(C(C)(C)C)ccc4n(-c4ccccc4)c2cc1N3c1ccc(C(C)(C)C)cc1)c1ccccc1C. The zero-order valence-electron chi connectivity index (χ0n) is 43.0. The normalized spacial score (nSPS) is 14.2. The number of hydrogen-bond donors (Lipinski definition) is 0. The fourth-order valence-electron chi connectivity index (χ4n) is 11.5. The summed E-state index contributed by atoms with van der Waals surface area (Å²) in [6.45, 7) is 30.4. The molecule has 0 aliphatic carbocycles. The predicted molar refractivity (Wildman–Crippen MR) is 299 cm³/mol. The second kappa shape index (κ2) is 15.6. The van der Waals surface area contributed by atoms with E-state index in [1.165, 1.54) is 117 Å². The second-order valence-corrected chi connectivity index (χ2v) is 23.7. The molecule has 4 heteroatoms. The summed E-state index contributed by atoms with van der Waals surface area (Å²) in [5.41, 5.74) is 23.9. The lowest BCUT2D eigenvalue weighted by atomic mass is 9.30. The van der Waals surface area contributed by atoms with Crippen LogP contribution in [-0.2, 0) is 21.7 Å². The van der Waals surface area contributed by atoms with E-state index in [1.807, 2.05) is 0 Å². The molecule has 9 aromatic rings. The van der Waals surface area contributed by atoms with Crippen molar-refractivity contribution in [3.05, 3.63) is 203 Å². The number of anilines is 6. The van der Waals surface area contributed by atoms with Crippen molar-refractivity contribution in [2.75, 3.05) is 9.80 Å². The first-order valence-electron chi connectivity index (χ1n) is 25.1. The first kappa shape index (κ1) is 44.7. The Morgan fingerprint density at radius 1 is 0.449 bits per heavy atom. The smallest absolute Gasteiger partial charge is 0.247 e. The Morgan fingerprint density at radius 2 is 1.03 bits per heavy atom. The molecule has 3 heterocycles. The van der Waals surface area contributed by atoms with Gasteiger partial charge in [0.25, 0.3) is 0 Å². The van der Waals surface area contributed by atoms with Gasteiger partial charge in [0.15, 0.2) is 0 Å². The number of fused-ring (bicyclic) bond motifs is 7. The molecule has 3 nitrogen and oxygen atoms in total. The van der Waals surface area contributed by atoms with Gasteiger partial charge in [0.05, 0.1) is 11.0 Å². The monoisotopic (exact) mass is 900 g/mol. The number of para-hydroxylation sites is 3. The molecule has 2 aliphatic rings. The van der Waals surface area contributed by atoms with E-state index in [9.17, 15) is 0 Å². The summed E-state index contributed by atoms with van der Waals surface area (Å²) in [5.74, 6) is 0. The Bertz CT molecular complexity index is 3450. The van der Waals surface area contributed by atoms with Gasteiger partial charge in [-0.2, -0.15) is 0 Å². The van der Waals surface area contributed by atoms with Crippen molar-refractivity contribution in [3.63, 3.8) is 0 Å². The van der Waals surface area contributed by atoms with Crippen LogP contribution in [0.15, 0.2) is 164 Å². The highest BCUT2D eigenvalue weighted by molar-refractivity contribution is 6.99. The third-order valence-corrected chi connectivity index (χ3v) is 15.6. The van der Waals surface area contributed by atoms with Gasteiger partial charge in [-0.3, -0.25) is 0 Å². The first-order valence-corrected chi connectivity index (χ1v) is 25.1. The molecule has 0 radical (unpaired) electrons. The van der Waals surface area contributed by atoms with Crippen molar-refractivity contribution in [1.29, 1.82) is 0 Å². The van der Waals surface area contributed by atoms with Crippen molar-refractivity contribution < 1.29 is 0 Å². The van der Waals surface area contributed by atoms with Crippen molar-refractivity contribution in [1.82, 2.24) is 4.57 Å². The van der Waals surface area contributed by atoms with Gasteiger partial charge in [0, 0.05) is 56.0 Å². The maximum absolute atomic E-state index is 2.62. The third kappa shape index (κ3) is 7.16. The number of aromatic nitrogens is 1. The molecule has 0 bridgehead atoms. The highest BCUT2D eigenvalue weighted by Gasteiger charge is 2.47. The summed E-state index contributed by atoms with van der Waals surface area (Å²) >= 11 is 0. The van der Waals surface area contributed by atoms with Crippen LogP contribution in [0.3, 0.4) is 0 Å². The lowest BCUT2D eigenvalue weighted by Gasteiger charge is -2.46. The Morgan fingerprint density at radius 3 is 1.64 bits per heavy atom. The fourth-order valence-corrected chi connectivity index (χ4v) is 11.5. The molecule has 0 atom stereocenters. The van der Waals surface area contributed by atoms with E-state index in [4.69, 9.17) is 0 Å². The number of hydrogen-bond acceptors (Lipinski definition) is 2. The van der Waals surface area contributed by atoms with Gasteiger partial charge in [-0.05, 0) is 153 Å². The third-order valence-electron chi connectivity index (χ3n) is 15.6. The largest absolute Gasteiger partial charge is 0.311 e. The standard InChI is InChI=1S/C65H66BN3/c1-41-21-17-19-25-55(41)69(56-26-20-18-22-42(56)2)48-32-33-53-51(38-48)65(12,13)52-36-45(64(9,10)11)37-60-61(52)66(53)54-39-50-49-35-44(63(6,7)8)29-34-57(49)67(46-23-15-14-16-24-46)58(50)40-59(54)68(60)47-30-27-43(28-31-47)62(3,4)5/h14-40H,1-13H3. The van der Waals surface area contributed by atoms with E-state index in [-0.39, 0.29) is 28.4 Å². The second-order valence-electron chi connectivity index (χ2n) is 23.7. The molecule has 11 rings (SSSR count). The van der Waals surface area contributed by atoms with Crippen LogP contribution in [0, 0.1) is 13.8 Å². The minimum Gasteiger partial charge on any atom is -0.311 e. The van der Waals surface area contributed by atoms with Crippen molar-refractivity contribution in [3.8, 4) is 5.69 Å². The summed E-state index contributed by atoms with van der Waals surface area (Å²) in [7, 11) is 0. The van der Waals surface area contributed by atoms with Crippen LogP contribution in [0.1, 0.15) is 115 Å². The molecule has 1 aromatic heterocycles. The van der Waals surface area contributed by atoms with Gasteiger partial charge in [0.2, 0.25) is 6.71 Å². The number of nitrogens with zero attached hydrogens (tertiary/aromatic N) is 3. The minimum absolute atomic E-state index is 0.00288. The molecule has 0 N–H and O–H groups in total. The van der Waals surface area contributed by atoms with E-state index in [0.717, 1.165) is 0 Å². The van der Waals surface area contributed by atoms with Crippen LogP contribution >= 0.6 is 0 Å². The van der Waals surface area contributed by atoms with Crippen molar-refractivity contribution >= 4 is 79.0 Å². The lowest BCUT2D eigenvalue weighted by Crippen LogP contribution is -2.64. The van der Waals surface area contributed by atoms with E-state index in [2.05, 4.69) is 268 Å². The lowest BCUT2D eigenvalue weighted by molar-refractivity contribution is 0.583. The summed E-state index contributed by atoms with van der Waals surface area (Å²) in [6.07, 6.45) is 0. The van der Waals surface area contributed by atoms with Crippen molar-refractivity contribution in [2.24, 2.45) is 0 Å². The minimum atomic E-state index is -0.329. The first-order chi connectivity index (χ1) is 32.7. The number of rotatable bonds is 5. The zero-order valence-corrected chi connectivity index (χ0v) is 43.0. The number of benzene rings is 8. The molecule has 344 valence electrons. The average Bonchev–Trinajstić information content (AvgIpc) is 3.63. The molecule has 2 aliphatic heterocycles. The summed E-state index contributed by atoms with van der Waals surface area (Å²) in [4.78, 5) is 5.10. The van der Waals surface area contributed by atoms with Gasteiger partial charge in [0.1, 0.15) is 0 Å². The molecule has 0 fully saturated rings. The molecule has 0 saturated carbocycles. The van der Waals surface area contributed by atoms with Crippen LogP contribution < -0.4 is 26.2 Å². The van der Waals surface area contributed by atoms with E-state index in [1.54, 1.807) is 0 Å². The topological polar surface area (TPSA) is 11.4 Å². The molecule has 0 unspecified atom stereocenters. The van der Waals surface area contributed by atoms with E-state index < -0.39 is 0 Å². The number of aryl methyl sites for hydroxylation is 2. The van der Waals surface area contributed by atoms with Crippen LogP contribution in [0.25, 0.3) is 27.5 Å². The summed E-state index contributed by atoms with van der Waals surface area (Å²) in [6, 6.07) is 62.9. The maximum atomic E-state index is 2.62. The van der Waals surface area contributed by atoms with E-state index in [0.29, 0.717) is 0 Å². The molecule has 0 amide bonds. The molecular weight excluding hydrogens is 834 g/mol. The van der Waals surface area contributed by atoms with Crippen LogP contribution in [0.4, 0.5) is 34.1 Å². The van der Waals surface area contributed by atoms with Gasteiger partial charge in [-0.15, -0.1) is 0 Å². The fraction of sp³-hybridized carbons (Fsp3) is 0.262. The van der Waals surface area contributed by atoms with Crippen LogP contribution in [0.5, 0.6) is 0 Å². The molecule has 8 aromatic carbocycles. The Hall–Kier alpha value is -6.78. The van der Waals surface area contributed by atoms with Gasteiger partial charge in [-0.25, -0.2) is 0 Å². The Balaban J connectivity index is 1.26.